The number of hydrogen-bond acceptors (Lipinski definition) is 3. The van der Waals surface area contributed by atoms with Crippen LogP contribution in [0.1, 0.15) is 18.4 Å². The zero-order valence-electron chi connectivity index (χ0n) is 10.9. The molecular formula is C15H18NO3+. The van der Waals surface area contributed by atoms with Crippen LogP contribution in [-0.4, -0.2) is 31.7 Å². The topological polar surface area (TPSA) is 40.0 Å². The van der Waals surface area contributed by atoms with Crippen LogP contribution in [0.5, 0.6) is 11.5 Å². The van der Waals surface area contributed by atoms with E-state index in [1.54, 1.807) is 0 Å². The molecule has 4 nitrogen and oxygen atoms in total. The molecule has 0 unspecified atom stereocenters. The third-order valence-electron chi connectivity index (χ3n) is 4.74. The van der Waals surface area contributed by atoms with Crippen molar-refractivity contribution >= 4 is 5.78 Å². The maximum absolute atomic E-state index is 12.3. The Bertz CT molecular complexity index is 520. The van der Waals surface area contributed by atoms with Crippen LogP contribution in [0, 0.1) is 5.92 Å². The monoisotopic (exact) mass is 260 g/mol. The van der Waals surface area contributed by atoms with Crippen molar-refractivity contribution in [2.75, 3.05) is 19.9 Å². The number of fused-ring (bicyclic) bond motifs is 4. The third kappa shape index (κ3) is 1.82. The molecule has 2 bridgehead atoms. The van der Waals surface area contributed by atoms with Gasteiger partial charge in [-0.25, -0.2) is 0 Å². The first-order valence-electron chi connectivity index (χ1n) is 7.08. The van der Waals surface area contributed by atoms with Crippen LogP contribution >= 0.6 is 0 Å². The molecule has 0 aliphatic carbocycles. The Kier molecular flexibility index (Phi) is 2.52. The number of piperidine rings is 3. The van der Waals surface area contributed by atoms with Crippen LogP contribution in [-0.2, 0) is 11.2 Å². The van der Waals surface area contributed by atoms with Gasteiger partial charge in [0, 0.05) is 25.2 Å². The third-order valence-corrected chi connectivity index (χ3v) is 4.74. The Labute approximate surface area is 112 Å². The SMILES string of the molecule is O=C1C2CC[NH+](CC2)[C@@H]1Cc1ccc2c(c1)OCO2. The molecule has 0 spiro atoms. The van der Waals surface area contributed by atoms with E-state index in [0.29, 0.717) is 18.5 Å². The number of ether oxygens (including phenoxy) is 2. The predicted octanol–water partition coefficient (Wildman–Crippen LogP) is 0.204. The molecule has 1 N–H and O–H groups in total. The molecule has 100 valence electrons. The minimum absolute atomic E-state index is 0.160. The molecular weight excluding hydrogens is 242 g/mol. The second-order valence-electron chi connectivity index (χ2n) is 5.78. The number of quaternary nitrogens is 1. The highest BCUT2D eigenvalue weighted by Crippen LogP contribution is 2.33. The van der Waals surface area contributed by atoms with Crippen LogP contribution in [0.15, 0.2) is 18.2 Å². The van der Waals surface area contributed by atoms with Crippen molar-refractivity contribution in [1.29, 1.82) is 0 Å². The zero-order valence-corrected chi connectivity index (χ0v) is 10.9. The molecule has 5 rings (SSSR count). The molecule has 0 radical (unpaired) electrons. The highest BCUT2D eigenvalue weighted by atomic mass is 16.7. The van der Waals surface area contributed by atoms with Crippen LogP contribution < -0.4 is 14.4 Å². The van der Waals surface area contributed by atoms with Crippen LogP contribution in [0.3, 0.4) is 0 Å². The summed E-state index contributed by atoms with van der Waals surface area (Å²) < 4.78 is 10.7. The fraction of sp³-hybridized carbons (Fsp3) is 0.533. The quantitative estimate of drug-likeness (QED) is 0.826. The maximum Gasteiger partial charge on any atom is 0.231 e. The van der Waals surface area contributed by atoms with Gasteiger partial charge in [0.15, 0.2) is 23.3 Å². The first-order chi connectivity index (χ1) is 9.31. The number of ketones is 1. The largest absolute Gasteiger partial charge is 0.454 e. The molecule has 1 aromatic rings. The van der Waals surface area contributed by atoms with Gasteiger partial charge in [0.05, 0.1) is 13.1 Å². The number of Topliss-reactive ketones (excluding diaryl/α,β-unsaturated/α-hetero) is 1. The summed E-state index contributed by atoms with van der Waals surface area (Å²) >= 11 is 0. The first-order valence-corrected chi connectivity index (χ1v) is 7.08. The van der Waals surface area contributed by atoms with E-state index in [1.165, 1.54) is 10.5 Å². The summed E-state index contributed by atoms with van der Waals surface area (Å²) in [6, 6.07) is 6.20. The van der Waals surface area contributed by atoms with Gasteiger partial charge in [-0.2, -0.15) is 0 Å². The molecule has 0 amide bonds. The van der Waals surface area contributed by atoms with E-state index in [1.807, 2.05) is 12.1 Å². The van der Waals surface area contributed by atoms with Gasteiger partial charge in [0.1, 0.15) is 0 Å². The predicted molar refractivity (Wildman–Crippen MR) is 68.5 cm³/mol. The van der Waals surface area contributed by atoms with Gasteiger partial charge in [-0.15, -0.1) is 0 Å². The van der Waals surface area contributed by atoms with Crippen molar-refractivity contribution in [2.45, 2.75) is 25.3 Å². The summed E-state index contributed by atoms with van der Waals surface area (Å²) in [4.78, 5) is 13.8. The van der Waals surface area contributed by atoms with E-state index in [2.05, 4.69) is 6.07 Å². The highest BCUT2D eigenvalue weighted by molar-refractivity contribution is 5.86. The molecule has 1 atom stereocenters. The average molecular weight is 260 g/mol. The van der Waals surface area contributed by atoms with Gasteiger partial charge in [-0.3, -0.25) is 4.79 Å². The maximum atomic E-state index is 12.3. The fourth-order valence-electron chi connectivity index (χ4n) is 3.66. The van der Waals surface area contributed by atoms with Crippen LogP contribution in [0.25, 0.3) is 0 Å². The fourth-order valence-corrected chi connectivity index (χ4v) is 3.66. The summed E-state index contributed by atoms with van der Waals surface area (Å²) in [6.07, 6.45) is 3.01. The van der Waals surface area contributed by atoms with Crippen molar-refractivity contribution in [3.63, 3.8) is 0 Å². The number of rotatable bonds is 2. The highest BCUT2D eigenvalue weighted by Gasteiger charge is 2.44. The van der Waals surface area contributed by atoms with E-state index in [0.717, 1.165) is 43.9 Å². The van der Waals surface area contributed by atoms with E-state index < -0.39 is 0 Å². The Morgan fingerprint density at radius 2 is 1.95 bits per heavy atom. The molecule has 19 heavy (non-hydrogen) atoms. The standard InChI is InChI=1S/C15H17NO3/c17-15-11-3-5-16(6-4-11)12(15)7-10-1-2-13-14(8-10)19-9-18-13/h1-2,8,11-12H,3-7,9H2/p+1/t12-/m1/s1. The lowest BCUT2D eigenvalue weighted by molar-refractivity contribution is -0.927. The second-order valence-corrected chi connectivity index (χ2v) is 5.78. The first kappa shape index (κ1) is 11.3. The summed E-state index contributed by atoms with van der Waals surface area (Å²) in [6.45, 7) is 2.62. The smallest absolute Gasteiger partial charge is 0.231 e. The summed E-state index contributed by atoms with van der Waals surface area (Å²) in [5.74, 6) is 2.44. The summed E-state index contributed by atoms with van der Waals surface area (Å²) in [7, 11) is 0. The minimum Gasteiger partial charge on any atom is -0.454 e. The van der Waals surface area contributed by atoms with Crippen LogP contribution in [0.2, 0.25) is 0 Å². The Hall–Kier alpha value is -1.55. The van der Waals surface area contributed by atoms with Gasteiger partial charge in [0.2, 0.25) is 6.79 Å². The normalized spacial score (nSPS) is 31.8. The van der Waals surface area contributed by atoms with Crippen molar-refractivity contribution < 1.29 is 19.2 Å². The van der Waals surface area contributed by atoms with Gasteiger partial charge < -0.3 is 14.4 Å². The van der Waals surface area contributed by atoms with E-state index in [-0.39, 0.29) is 6.04 Å². The lowest BCUT2D eigenvalue weighted by Gasteiger charge is -2.41. The summed E-state index contributed by atoms with van der Waals surface area (Å²) in [5.41, 5.74) is 1.18. The Morgan fingerprint density at radius 1 is 1.16 bits per heavy atom. The zero-order chi connectivity index (χ0) is 12.8. The lowest BCUT2D eigenvalue weighted by Crippen LogP contribution is -3.20. The molecule has 4 heterocycles. The molecule has 0 saturated carbocycles. The van der Waals surface area contributed by atoms with Crippen molar-refractivity contribution in [2.24, 2.45) is 5.92 Å². The number of benzene rings is 1. The molecule has 3 fully saturated rings. The van der Waals surface area contributed by atoms with E-state index in [9.17, 15) is 4.79 Å². The van der Waals surface area contributed by atoms with Crippen molar-refractivity contribution in [3.05, 3.63) is 23.8 Å². The molecule has 4 heteroatoms. The van der Waals surface area contributed by atoms with Crippen molar-refractivity contribution in [1.82, 2.24) is 0 Å². The Morgan fingerprint density at radius 3 is 2.74 bits per heavy atom. The molecule has 4 aliphatic heterocycles. The van der Waals surface area contributed by atoms with Gasteiger partial charge >= 0.3 is 0 Å². The number of hydrogen-bond donors (Lipinski definition) is 1. The molecule has 3 saturated heterocycles. The van der Waals surface area contributed by atoms with Crippen molar-refractivity contribution in [3.8, 4) is 11.5 Å². The van der Waals surface area contributed by atoms with Gasteiger partial charge in [-0.05, 0) is 17.7 Å². The number of nitrogens with one attached hydrogen (secondary N) is 1. The average Bonchev–Trinajstić information content (AvgIpc) is 2.91. The molecule has 4 aliphatic rings. The van der Waals surface area contributed by atoms with Gasteiger partial charge in [-0.1, -0.05) is 6.07 Å². The van der Waals surface area contributed by atoms with E-state index in [4.69, 9.17) is 9.47 Å². The Balaban J connectivity index is 1.56. The minimum atomic E-state index is 0.160. The number of carbonyl (C=O) groups excluding carboxylic acids is 1. The summed E-state index contributed by atoms with van der Waals surface area (Å²) in [5, 5.41) is 0. The number of carbonyl (C=O) groups is 1. The molecule has 1 aromatic carbocycles. The molecule has 0 aromatic heterocycles. The van der Waals surface area contributed by atoms with E-state index >= 15 is 0 Å². The lowest BCUT2D eigenvalue weighted by atomic mass is 9.80. The second kappa shape index (κ2) is 4.23. The van der Waals surface area contributed by atoms with Gasteiger partial charge in [0.25, 0.3) is 0 Å². The van der Waals surface area contributed by atoms with Crippen LogP contribution in [0.4, 0.5) is 0 Å².